The zero-order chi connectivity index (χ0) is 20.5. The Labute approximate surface area is 173 Å². The lowest BCUT2D eigenvalue weighted by Gasteiger charge is -2.35. The fourth-order valence-electron chi connectivity index (χ4n) is 3.81. The van der Waals surface area contributed by atoms with Crippen LogP contribution in [0, 0.1) is 0 Å². The fraction of sp³-hybridized carbons (Fsp3) is 0.227. The topological polar surface area (TPSA) is 80.0 Å². The number of aromatic nitrogens is 5. The van der Waals surface area contributed by atoms with Gasteiger partial charge in [-0.05, 0) is 23.3 Å². The van der Waals surface area contributed by atoms with E-state index in [1.54, 1.807) is 4.68 Å². The van der Waals surface area contributed by atoms with E-state index in [-0.39, 0.29) is 5.91 Å². The number of hydrogen-bond acceptors (Lipinski definition) is 6. The van der Waals surface area contributed by atoms with Crippen LogP contribution in [-0.2, 0) is 7.05 Å². The summed E-state index contributed by atoms with van der Waals surface area (Å²) in [6.07, 6.45) is 1.53. The number of rotatable bonds is 3. The van der Waals surface area contributed by atoms with Crippen molar-refractivity contribution in [2.75, 3.05) is 31.1 Å². The summed E-state index contributed by atoms with van der Waals surface area (Å²) in [6.45, 7) is 2.64. The van der Waals surface area contributed by atoms with E-state index in [2.05, 4.69) is 37.3 Å². The van der Waals surface area contributed by atoms with Gasteiger partial charge in [0.05, 0.1) is 0 Å². The first-order chi connectivity index (χ1) is 14.7. The first kappa shape index (κ1) is 18.2. The van der Waals surface area contributed by atoms with Crippen molar-refractivity contribution < 1.29 is 4.79 Å². The maximum Gasteiger partial charge on any atom is 0.253 e. The molecule has 1 saturated heterocycles. The van der Waals surface area contributed by atoms with Gasteiger partial charge in [-0.3, -0.25) is 4.79 Å². The molecule has 0 aliphatic carbocycles. The third-order valence-corrected chi connectivity index (χ3v) is 5.47. The number of aryl methyl sites for hydroxylation is 1. The molecule has 0 unspecified atom stereocenters. The third kappa shape index (κ3) is 3.26. The van der Waals surface area contributed by atoms with Gasteiger partial charge in [0.15, 0.2) is 17.0 Å². The Bertz CT molecular complexity index is 1180. The lowest BCUT2D eigenvalue weighted by atomic mass is 10.0. The number of piperazine rings is 1. The lowest BCUT2D eigenvalue weighted by molar-refractivity contribution is 0.0746. The van der Waals surface area contributed by atoms with Crippen LogP contribution >= 0.6 is 0 Å². The highest BCUT2D eigenvalue weighted by molar-refractivity contribution is 5.95. The van der Waals surface area contributed by atoms with Crippen molar-refractivity contribution >= 4 is 22.9 Å². The summed E-state index contributed by atoms with van der Waals surface area (Å²) in [5.74, 6) is 0.828. The molecule has 150 valence electrons. The molecule has 1 aliphatic rings. The molecule has 0 radical (unpaired) electrons. The van der Waals surface area contributed by atoms with Crippen molar-refractivity contribution in [3.63, 3.8) is 0 Å². The van der Waals surface area contributed by atoms with Crippen molar-refractivity contribution in [3.8, 4) is 11.1 Å². The highest BCUT2D eigenvalue weighted by Gasteiger charge is 2.25. The average Bonchev–Trinajstić information content (AvgIpc) is 3.20. The molecule has 0 saturated carbocycles. The summed E-state index contributed by atoms with van der Waals surface area (Å²) >= 11 is 0. The molecule has 3 heterocycles. The first-order valence-corrected chi connectivity index (χ1v) is 9.91. The van der Waals surface area contributed by atoms with Gasteiger partial charge in [0.1, 0.15) is 6.33 Å². The molecule has 2 aromatic heterocycles. The molecule has 2 aromatic carbocycles. The third-order valence-electron chi connectivity index (χ3n) is 5.47. The molecular formula is C22H21N7O. The molecule has 30 heavy (non-hydrogen) atoms. The van der Waals surface area contributed by atoms with Crippen LogP contribution in [0.3, 0.4) is 0 Å². The largest absolute Gasteiger partial charge is 0.351 e. The van der Waals surface area contributed by atoms with E-state index in [0.29, 0.717) is 42.9 Å². The van der Waals surface area contributed by atoms with Gasteiger partial charge < -0.3 is 9.80 Å². The minimum atomic E-state index is 0.0570. The summed E-state index contributed by atoms with van der Waals surface area (Å²) in [5.41, 5.74) is 4.36. The summed E-state index contributed by atoms with van der Waals surface area (Å²) in [4.78, 5) is 25.6. The lowest BCUT2D eigenvalue weighted by Crippen LogP contribution is -2.49. The fourth-order valence-corrected chi connectivity index (χ4v) is 3.81. The van der Waals surface area contributed by atoms with Gasteiger partial charge in [0.25, 0.3) is 5.91 Å². The van der Waals surface area contributed by atoms with Crippen molar-refractivity contribution in [1.82, 2.24) is 29.9 Å². The van der Waals surface area contributed by atoms with Crippen LogP contribution in [0.25, 0.3) is 22.3 Å². The molecule has 5 rings (SSSR count). The molecule has 0 atom stereocenters. The van der Waals surface area contributed by atoms with Crippen molar-refractivity contribution in [2.24, 2.45) is 7.05 Å². The molecule has 0 N–H and O–H groups in total. The Balaban J connectivity index is 1.28. The van der Waals surface area contributed by atoms with E-state index < -0.39 is 0 Å². The minimum Gasteiger partial charge on any atom is -0.351 e. The highest BCUT2D eigenvalue weighted by atomic mass is 16.2. The average molecular weight is 399 g/mol. The standard InChI is InChI=1S/C22H21N7O/c1-27-20-19(25-26-27)21(24-15-23-20)28-11-13-29(14-12-28)22(30)18-9-7-17(8-10-18)16-5-3-2-4-6-16/h2-10,15H,11-14H2,1H3. The van der Waals surface area contributed by atoms with Gasteiger partial charge in [-0.2, -0.15) is 0 Å². The maximum absolute atomic E-state index is 13.0. The normalized spacial score (nSPS) is 14.3. The number of amides is 1. The van der Waals surface area contributed by atoms with Gasteiger partial charge in [-0.15, -0.1) is 5.10 Å². The maximum atomic E-state index is 13.0. The van der Waals surface area contributed by atoms with Crippen LogP contribution in [0.2, 0.25) is 0 Å². The molecule has 0 bridgehead atoms. The van der Waals surface area contributed by atoms with E-state index >= 15 is 0 Å². The monoisotopic (exact) mass is 399 g/mol. The van der Waals surface area contributed by atoms with Crippen LogP contribution in [0.1, 0.15) is 10.4 Å². The zero-order valence-electron chi connectivity index (χ0n) is 16.6. The summed E-state index contributed by atoms with van der Waals surface area (Å²) in [6, 6.07) is 18.0. The number of anilines is 1. The Kier molecular flexibility index (Phi) is 4.59. The molecule has 8 nitrogen and oxygen atoms in total. The molecule has 4 aromatic rings. The van der Waals surface area contributed by atoms with Gasteiger partial charge in [0.2, 0.25) is 0 Å². The van der Waals surface area contributed by atoms with Gasteiger partial charge >= 0.3 is 0 Å². The summed E-state index contributed by atoms with van der Waals surface area (Å²) in [5, 5.41) is 8.23. The zero-order valence-corrected chi connectivity index (χ0v) is 16.6. The first-order valence-electron chi connectivity index (χ1n) is 9.91. The molecule has 0 spiro atoms. The van der Waals surface area contributed by atoms with Gasteiger partial charge in [-0.1, -0.05) is 47.7 Å². The van der Waals surface area contributed by atoms with Crippen molar-refractivity contribution in [2.45, 2.75) is 0 Å². The summed E-state index contributed by atoms with van der Waals surface area (Å²) in [7, 11) is 1.81. The second kappa shape index (κ2) is 7.55. The van der Waals surface area contributed by atoms with Crippen LogP contribution in [0.5, 0.6) is 0 Å². The predicted molar refractivity (Wildman–Crippen MR) is 114 cm³/mol. The van der Waals surface area contributed by atoms with Crippen molar-refractivity contribution in [1.29, 1.82) is 0 Å². The highest BCUT2D eigenvalue weighted by Crippen LogP contribution is 2.23. The predicted octanol–water partition coefficient (Wildman–Crippen LogP) is 2.39. The van der Waals surface area contributed by atoms with Gasteiger partial charge in [-0.25, -0.2) is 14.6 Å². The number of carbonyl (C=O) groups is 1. The summed E-state index contributed by atoms with van der Waals surface area (Å²) < 4.78 is 1.64. The second-order valence-corrected chi connectivity index (χ2v) is 7.31. The number of fused-ring (bicyclic) bond motifs is 1. The van der Waals surface area contributed by atoms with Gasteiger partial charge in [0, 0.05) is 38.8 Å². The van der Waals surface area contributed by atoms with Crippen molar-refractivity contribution in [3.05, 3.63) is 66.5 Å². The smallest absolute Gasteiger partial charge is 0.253 e. The number of hydrogen-bond donors (Lipinski definition) is 0. The van der Waals surface area contributed by atoms with E-state index in [9.17, 15) is 4.79 Å². The Morgan fingerprint density at radius 3 is 2.30 bits per heavy atom. The van der Waals surface area contributed by atoms with Crippen LogP contribution in [0.15, 0.2) is 60.9 Å². The van der Waals surface area contributed by atoms with E-state index in [4.69, 9.17) is 0 Å². The van der Waals surface area contributed by atoms with Crippen LogP contribution in [0.4, 0.5) is 5.82 Å². The molecule has 1 amide bonds. The molecule has 1 fully saturated rings. The number of benzene rings is 2. The Hall–Kier alpha value is -3.81. The van der Waals surface area contributed by atoms with Crippen LogP contribution in [-0.4, -0.2) is 61.9 Å². The molecular weight excluding hydrogens is 378 g/mol. The molecule has 8 heteroatoms. The Morgan fingerprint density at radius 2 is 1.57 bits per heavy atom. The van der Waals surface area contributed by atoms with Crippen LogP contribution < -0.4 is 4.90 Å². The SMILES string of the molecule is Cn1nnc2c(N3CCN(C(=O)c4ccc(-c5ccccc5)cc4)CC3)ncnc21. The quantitative estimate of drug-likeness (QED) is 0.526. The van der Waals surface area contributed by atoms with E-state index in [1.807, 2.05) is 54.4 Å². The number of carbonyl (C=O) groups excluding carboxylic acids is 1. The molecule has 1 aliphatic heterocycles. The van der Waals surface area contributed by atoms with E-state index in [1.165, 1.54) is 6.33 Å². The van der Waals surface area contributed by atoms with E-state index in [0.717, 1.165) is 16.9 Å². The Morgan fingerprint density at radius 1 is 0.867 bits per heavy atom. The minimum absolute atomic E-state index is 0.0570. The second-order valence-electron chi connectivity index (χ2n) is 7.31. The number of nitrogens with zero attached hydrogens (tertiary/aromatic N) is 7.